The molecule has 2 unspecified atom stereocenters. The molecule has 1 aliphatic rings. The number of nitrogens with one attached hydrogen (secondary N) is 1. The summed E-state index contributed by atoms with van der Waals surface area (Å²) in [5.74, 6) is -0.881. The fourth-order valence-corrected chi connectivity index (χ4v) is 2.87. The van der Waals surface area contributed by atoms with Crippen molar-refractivity contribution < 1.29 is 19.4 Å². The summed E-state index contributed by atoms with van der Waals surface area (Å²) in [4.78, 5) is 27.7. The minimum atomic E-state index is -0.992. The van der Waals surface area contributed by atoms with E-state index in [1.165, 1.54) is 0 Å². The number of carbonyl (C=O) groups is 2. The van der Waals surface area contributed by atoms with Crippen molar-refractivity contribution in [2.24, 2.45) is 0 Å². The predicted octanol–water partition coefficient (Wildman–Crippen LogP) is 2.48. The van der Waals surface area contributed by atoms with Gasteiger partial charge in [0.15, 0.2) is 0 Å². The van der Waals surface area contributed by atoms with Crippen LogP contribution in [-0.4, -0.2) is 33.8 Å². The fourth-order valence-electron chi connectivity index (χ4n) is 2.87. The van der Waals surface area contributed by atoms with E-state index in [0.29, 0.717) is 24.8 Å². The average molecular weight is 306 g/mol. The summed E-state index contributed by atoms with van der Waals surface area (Å²) in [5.41, 5.74) is -0.889. The van der Waals surface area contributed by atoms with Crippen molar-refractivity contribution in [2.45, 2.75) is 57.1 Å². The highest BCUT2D eigenvalue weighted by atomic mass is 16.6. The van der Waals surface area contributed by atoms with Crippen molar-refractivity contribution in [1.82, 2.24) is 10.3 Å². The number of aromatic nitrogens is 1. The largest absolute Gasteiger partial charge is 0.481 e. The Morgan fingerprint density at radius 2 is 2.18 bits per heavy atom. The van der Waals surface area contributed by atoms with Gasteiger partial charge in [-0.05, 0) is 51.7 Å². The van der Waals surface area contributed by atoms with Crippen molar-refractivity contribution in [1.29, 1.82) is 0 Å². The Kier molecular flexibility index (Phi) is 4.39. The Hall–Kier alpha value is -2.11. The van der Waals surface area contributed by atoms with Crippen molar-refractivity contribution in [2.75, 3.05) is 0 Å². The van der Waals surface area contributed by atoms with E-state index in [2.05, 4.69) is 10.3 Å². The number of hydrogen-bond donors (Lipinski definition) is 2. The lowest BCUT2D eigenvalue weighted by atomic mass is 9.79. The van der Waals surface area contributed by atoms with Gasteiger partial charge < -0.3 is 15.2 Å². The molecule has 1 aromatic heterocycles. The summed E-state index contributed by atoms with van der Waals surface area (Å²) in [7, 11) is 0. The number of aliphatic carboxylic acids is 1. The van der Waals surface area contributed by atoms with Gasteiger partial charge in [0.2, 0.25) is 0 Å². The number of carboxylic acid groups (broad SMARTS) is 1. The van der Waals surface area contributed by atoms with Crippen molar-refractivity contribution >= 4 is 12.1 Å². The van der Waals surface area contributed by atoms with Crippen LogP contribution < -0.4 is 5.32 Å². The molecule has 1 aliphatic carbocycles. The van der Waals surface area contributed by atoms with Crippen molar-refractivity contribution in [3.63, 3.8) is 0 Å². The average Bonchev–Trinajstić information content (AvgIpc) is 2.82. The van der Waals surface area contributed by atoms with E-state index >= 15 is 0 Å². The van der Waals surface area contributed by atoms with Gasteiger partial charge in [-0.2, -0.15) is 0 Å². The first-order valence-corrected chi connectivity index (χ1v) is 7.36. The maximum absolute atomic E-state index is 11.8. The number of carboxylic acids is 1. The van der Waals surface area contributed by atoms with Crippen LogP contribution in [0.1, 0.15) is 45.6 Å². The molecule has 1 amide bonds. The van der Waals surface area contributed by atoms with Crippen LogP contribution in [0.25, 0.3) is 0 Å². The third-order valence-corrected chi connectivity index (χ3v) is 3.86. The van der Waals surface area contributed by atoms with E-state index in [0.717, 1.165) is 0 Å². The molecule has 0 bridgehead atoms. The van der Waals surface area contributed by atoms with Gasteiger partial charge in [0, 0.05) is 18.4 Å². The number of alkyl carbamates (subject to hydrolysis) is 1. The molecule has 0 saturated heterocycles. The summed E-state index contributed by atoms with van der Waals surface area (Å²) in [6.45, 7) is 5.37. The van der Waals surface area contributed by atoms with Crippen LogP contribution in [0.5, 0.6) is 0 Å². The second-order valence-electron chi connectivity index (χ2n) is 6.71. The molecule has 2 rings (SSSR count). The van der Waals surface area contributed by atoms with E-state index in [4.69, 9.17) is 4.74 Å². The SMILES string of the molecule is CC(C)(C)OC(=O)NC1CCC(C(=O)O)(c2cccnc2)C1. The summed E-state index contributed by atoms with van der Waals surface area (Å²) >= 11 is 0. The van der Waals surface area contributed by atoms with Gasteiger partial charge in [0.05, 0.1) is 5.41 Å². The molecule has 2 atom stereocenters. The van der Waals surface area contributed by atoms with Crippen LogP contribution in [0, 0.1) is 0 Å². The highest BCUT2D eigenvalue weighted by Crippen LogP contribution is 2.41. The first-order valence-electron chi connectivity index (χ1n) is 7.36. The highest BCUT2D eigenvalue weighted by molar-refractivity contribution is 5.82. The normalized spacial score (nSPS) is 24.8. The van der Waals surface area contributed by atoms with Gasteiger partial charge in [-0.1, -0.05) is 6.07 Å². The molecule has 6 nitrogen and oxygen atoms in total. The fraction of sp³-hybridized carbons (Fsp3) is 0.562. The number of hydrogen-bond acceptors (Lipinski definition) is 4. The van der Waals surface area contributed by atoms with E-state index in [1.807, 2.05) is 0 Å². The number of ether oxygens (including phenoxy) is 1. The number of pyridine rings is 1. The monoisotopic (exact) mass is 306 g/mol. The molecule has 0 radical (unpaired) electrons. The minimum absolute atomic E-state index is 0.217. The van der Waals surface area contributed by atoms with Gasteiger partial charge in [-0.25, -0.2) is 4.79 Å². The lowest BCUT2D eigenvalue weighted by Gasteiger charge is -2.25. The number of amides is 1. The van der Waals surface area contributed by atoms with E-state index in [-0.39, 0.29) is 6.04 Å². The molecule has 1 heterocycles. The maximum Gasteiger partial charge on any atom is 0.407 e. The third kappa shape index (κ3) is 3.55. The third-order valence-electron chi connectivity index (χ3n) is 3.86. The molecular formula is C16H22N2O4. The van der Waals surface area contributed by atoms with Gasteiger partial charge in [0.25, 0.3) is 0 Å². The van der Waals surface area contributed by atoms with Crippen LogP contribution in [0.15, 0.2) is 24.5 Å². The van der Waals surface area contributed by atoms with Gasteiger partial charge in [-0.15, -0.1) is 0 Å². The van der Waals surface area contributed by atoms with Gasteiger partial charge in [-0.3, -0.25) is 9.78 Å². The van der Waals surface area contributed by atoms with Crippen LogP contribution in [0.3, 0.4) is 0 Å². The molecule has 0 spiro atoms. The summed E-state index contributed by atoms with van der Waals surface area (Å²) in [6, 6.07) is 3.29. The van der Waals surface area contributed by atoms with Crippen molar-refractivity contribution in [3.8, 4) is 0 Å². The predicted molar refractivity (Wildman–Crippen MR) is 80.6 cm³/mol. The standard InChI is InChI=1S/C16H22N2O4/c1-15(2,3)22-14(21)18-12-6-7-16(9-12,13(19)20)11-5-4-8-17-10-11/h4-5,8,10,12H,6-7,9H2,1-3H3,(H,18,21)(H,19,20). The van der Waals surface area contributed by atoms with Gasteiger partial charge in [0.1, 0.15) is 5.60 Å². The Labute approximate surface area is 129 Å². The molecule has 2 N–H and O–H groups in total. The topological polar surface area (TPSA) is 88.5 Å². The maximum atomic E-state index is 11.8. The van der Waals surface area contributed by atoms with Crippen LogP contribution in [-0.2, 0) is 14.9 Å². The van der Waals surface area contributed by atoms with Crippen molar-refractivity contribution in [3.05, 3.63) is 30.1 Å². The number of rotatable bonds is 3. The Morgan fingerprint density at radius 3 is 2.73 bits per heavy atom. The smallest absolute Gasteiger partial charge is 0.407 e. The van der Waals surface area contributed by atoms with Crippen LogP contribution in [0.4, 0.5) is 4.79 Å². The Morgan fingerprint density at radius 1 is 1.45 bits per heavy atom. The second kappa shape index (κ2) is 5.94. The molecule has 1 saturated carbocycles. The lowest BCUT2D eigenvalue weighted by molar-refractivity contribution is -0.143. The molecule has 1 fully saturated rings. The van der Waals surface area contributed by atoms with Crippen LogP contribution in [0.2, 0.25) is 0 Å². The molecule has 22 heavy (non-hydrogen) atoms. The molecular weight excluding hydrogens is 284 g/mol. The first-order chi connectivity index (χ1) is 10.2. The molecule has 6 heteroatoms. The summed E-state index contributed by atoms with van der Waals surface area (Å²) in [6.07, 6.45) is 4.10. The van der Waals surface area contributed by atoms with E-state index in [1.54, 1.807) is 45.3 Å². The quantitative estimate of drug-likeness (QED) is 0.895. The van der Waals surface area contributed by atoms with E-state index < -0.39 is 23.1 Å². The van der Waals surface area contributed by atoms with E-state index in [9.17, 15) is 14.7 Å². The zero-order chi connectivity index (χ0) is 16.4. The summed E-state index contributed by atoms with van der Waals surface area (Å²) < 4.78 is 5.22. The van der Waals surface area contributed by atoms with Crippen LogP contribution >= 0.6 is 0 Å². The summed E-state index contributed by atoms with van der Waals surface area (Å²) in [5, 5.41) is 12.5. The zero-order valence-corrected chi connectivity index (χ0v) is 13.1. The zero-order valence-electron chi connectivity index (χ0n) is 13.1. The lowest BCUT2D eigenvalue weighted by Crippen LogP contribution is -2.40. The highest BCUT2D eigenvalue weighted by Gasteiger charge is 2.47. The number of nitrogens with zero attached hydrogens (tertiary/aromatic N) is 1. The molecule has 0 aromatic carbocycles. The molecule has 1 aromatic rings. The molecule has 120 valence electrons. The van der Waals surface area contributed by atoms with Gasteiger partial charge >= 0.3 is 12.1 Å². The Balaban J connectivity index is 2.09. The molecule has 0 aliphatic heterocycles. The Bertz CT molecular complexity index is 553. The minimum Gasteiger partial charge on any atom is -0.481 e. The first kappa shape index (κ1) is 16.3. The number of carbonyl (C=O) groups excluding carboxylic acids is 1. The second-order valence-corrected chi connectivity index (χ2v) is 6.71.